The average Bonchev–Trinajstić information content (AvgIpc) is 2.78. The topological polar surface area (TPSA) is 51.5 Å². The number of ether oxygens (including phenoxy) is 3. The van der Waals surface area contributed by atoms with Crippen molar-refractivity contribution in [2.45, 2.75) is 45.0 Å². The third kappa shape index (κ3) is 5.41. The molecule has 4 rings (SSSR count). The van der Waals surface area contributed by atoms with E-state index in [-0.39, 0.29) is 11.5 Å². The van der Waals surface area contributed by atoms with Crippen LogP contribution in [0.15, 0.2) is 24.3 Å². The van der Waals surface area contributed by atoms with Crippen LogP contribution < -0.4 is 4.74 Å². The van der Waals surface area contributed by atoms with Crippen LogP contribution in [-0.2, 0) is 15.6 Å². The molecule has 1 aliphatic carbocycles. The van der Waals surface area contributed by atoms with Crippen LogP contribution in [0.3, 0.4) is 0 Å². The van der Waals surface area contributed by atoms with Gasteiger partial charge in [0.25, 0.3) is 0 Å². The Morgan fingerprint density at radius 3 is 1.91 bits per heavy atom. The van der Waals surface area contributed by atoms with E-state index in [4.69, 9.17) is 14.7 Å². The molecule has 0 radical (unpaired) electrons. The molecular weight excluding hydrogens is 476 g/mol. The van der Waals surface area contributed by atoms with E-state index in [2.05, 4.69) is 11.7 Å². The van der Waals surface area contributed by atoms with Gasteiger partial charge in [-0.05, 0) is 36.8 Å². The van der Waals surface area contributed by atoms with E-state index in [1.165, 1.54) is 6.07 Å². The van der Waals surface area contributed by atoms with Crippen molar-refractivity contribution in [1.29, 1.82) is 5.26 Å². The van der Waals surface area contributed by atoms with Crippen LogP contribution >= 0.6 is 0 Å². The minimum Gasteiger partial charge on any atom is -0.429 e. The summed E-state index contributed by atoms with van der Waals surface area (Å²) in [6.45, 7) is 2.86. The standard InChI is InChI=1S/C25H23F6NO3/c1-13-2-4-14(5-3-13)16-11-33-24(34-12-16)15-6-21(28)23(22(29)7-15)25(30,31)35-17-8-19(26)18(10-32)20(27)9-17/h6-9,13-14,16,24H,2-5,11-12H2,1H3. The molecule has 0 N–H and O–H groups in total. The maximum absolute atomic E-state index is 14.6. The number of halogens is 6. The number of benzene rings is 2. The van der Waals surface area contributed by atoms with Gasteiger partial charge in [-0.1, -0.05) is 19.8 Å². The van der Waals surface area contributed by atoms with E-state index in [0.717, 1.165) is 25.7 Å². The van der Waals surface area contributed by atoms with E-state index in [0.29, 0.717) is 49.3 Å². The second-order valence-corrected chi connectivity index (χ2v) is 9.13. The number of nitriles is 1. The molecule has 0 unspecified atom stereocenters. The highest BCUT2D eigenvalue weighted by atomic mass is 19.3. The average molecular weight is 499 g/mol. The van der Waals surface area contributed by atoms with E-state index >= 15 is 0 Å². The summed E-state index contributed by atoms with van der Waals surface area (Å²) in [7, 11) is 0. The van der Waals surface area contributed by atoms with Crippen molar-refractivity contribution in [2.24, 2.45) is 17.8 Å². The zero-order valence-electron chi connectivity index (χ0n) is 18.8. The first kappa shape index (κ1) is 25.3. The van der Waals surface area contributed by atoms with Gasteiger partial charge in [0.2, 0.25) is 0 Å². The molecule has 0 aromatic heterocycles. The van der Waals surface area contributed by atoms with E-state index in [9.17, 15) is 26.3 Å². The highest BCUT2D eigenvalue weighted by Gasteiger charge is 2.42. The fourth-order valence-corrected chi connectivity index (χ4v) is 4.66. The number of hydrogen-bond acceptors (Lipinski definition) is 4. The van der Waals surface area contributed by atoms with Crippen molar-refractivity contribution < 1.29 is 40.6 Å². The summed E-state index contributed by atoms with van der Waals surface area (Å²) in [5.74, 6) is -5.97. The molecule has 0 amide bonds. The van der Waals surface area contributed by atoms with E-state index in [1.807, 2.05) is 0 Å². The van der Waals surface area contributed by atoms with Crippen LogP contribution in [0.4, 0.5) is 26.3 Å². The van der Waals surface area contributed by atoms with Crippen LogP contribution in [0.25, 0.3) is 0 Å². The molecule has 2 fully saturated rings. The van der Waals surface area contributed by atoms with Gasteiger partial charge in [-0.15, -0.1) is 0 Å². The molecular formula is C25H23F6NO3. The Morgan fingerprint density at radius 1 is 0.857 bits per heavy atom. The molecule has 10 heteroatoms. The Kier molecular flexibility index (Phi) is 7.29. The van der Waals surface area contributed by atoms with Crippen molar-refractivity contribution in [3.63, 3.8) is 0 Å². The predicted octanol–water partition coefficient (Wildman–Crippen LogP) is 6.73. The normalized spacial score (nSPS) is 25.2. The second kappa shape index (κ2) is 10.1. The van der Waals surface area contributed by atoms with Crippen molar-refractivity contribution in [3.8, 4) is 11.8 Å². The van der Waals surface area contributed by atoms with Crippen molar-refractivity contribution in [3.05, 3.63) is 64.2 Å². The first-order chi connectivity index (χ1) is 16.6. The maximum atomic E-state index is 14.6. The molecule has 2 aromatic rings. The van der Waals surface area contributed by atoms with Gasteiger partial charge in [0.1, 0.15) is 46.2 Å². The number of alkyl halides is 2. The fourth-order valence-electron chi connectivity index (χ4n) is 4.66. The van der Waals surface area contributed by atoms with Crippen LogP contribution in [0.5, 0.6) is 5.75 Å². The lowest BCUT2D eigenvalue weighted by Crippen LogP contribution is -2.34. The number of rotatable bonds is 5. The van der Waals surface area contributed by atoms with Gasteiger partial charge in [0, 0.05) is 23.6 Å². The second-order valence-electron chi connectivity index (χ2n) is 9.13. The fraction of sp³-hybridized carbons (Fsp3) is 0.480. The molecule has 1 saturated carbocycles. The summed E-state index contributed by atoms with van der Waals surface area (Å²) < 4.78 is 101. The lowest BCUT2D eigenvalue weighted by molar-refractivity contribution is -0.215. The number of hydrogen-bond donors (Lipinski definition) is 0. The molecule has 0 spiro atoms. The highest BCUT2D eigenvalue weighted by Crippen LogP contribution is 2.40. The van der Waals surface area contributed by atoms with E-state index in [1.54, 1.807) is 0 Å². The predicted molar refractivity (Wildman–Crippen MR) is 111 cm³/mol. The van der Waals surface area contributed by atoms with Crippen LogP contribution in [0, 0.1) is 52.4 Å². The third-order valence-corrected chi connectivity index (χ3v) is 6.65. The summed E-state index contributed by atoms with van der Waals surface area (Å²) in [6, 6.07) is 3.19. The molecule has 1 saturated heterocycles. The monoisotopic (exact) mass is 499 g/mol. The Hall–Kier alpha value is -2.77. The minimum absolute atomic E-state index is 0.120. The van der Waals surface area contributed by atoms with Gasteiger partial charge in [0.15, 0.2) is 6.29 Å². The van der Waals surface area contributed by atoms with Gasteiger partial charge in [0.05, 0.1) is 13.2 Å². The molecule has 2 aromatic carbocycles. The minimum atomic E-state index is -4.61. The maximum Gasteiger partial charge on any atom is 0.432 e. The first-order valence-electron chi connectivity index (χ1n) is 11.3. The van der Waals surface area contributed by atoms with Gasteiger partial charge in [-0.2, -0.15) is 14.0 Å². The van der Waals surface area contributed by atoms with Crippen molar-refractivity contribution in [1.82, 2.24) is 0 Å². The summed E-state index contributed by atoms with van der Waals surface area (Å²) in [5, 5.41) is 8.66. The zero-order valence-corrected chi connectivity index (χ0v) is 18.8. The third-order valence-electron chi connectivity index (χ3n) is 6.65. The Bertz CT molecular complexity index is 1070. The highest BCUT2D eigenvalue weighted by molar-refractivity contribution is 5.38. The lowest BCUT2D eigenvalue weighted by atomic mass is 9.76. The van der Waals surface area contributed by atoms with Crippen LogP contribution in [-0.4, -0.2) is 13.2 Å². The van der Waals surface area contributed by atoms with Crippen molar-refractivity contribution >= 4 is 0 Å². The number of nitrogens with zero attached hydrogens (tertiary/aromatic N) is 1. The van der Waals surface area contributed by atoms with Gasteiger partial charge in [-0.25, -0.2) is 17.6 Å². The SMILES string of the molecule is CC1CCC(C2COC(c3cc(F)c(C(F)(F)Oc4cc(F)c(C#N)c(F)c4)c(F)c3)OC2)CC1. The lowest BCUT2D eigenvalue weighted by Gasteiger charge is -2.37. The van der Waals surface area contributed by atoms with Crippen LogP contribution in [0.2, 0.25) is 0 Å². The zero-order chi connectivity index (χ0) is 25.3. The quantitative estimate of drug-likeness (QED) is 0.428. The Balaban J connectivity index is 1.47. The molecule has 35 heavy (non-hydrogen) atoms. The molecule has 0 atom stereocenters. The molecule has 0 bridgehead atoms. The van der Waals surface area contributed by atoms with Gasteiger partial charge in [-0.3, -0.25) is 0 Å². The molecule has 188 valence electrons. The summed E-state index contributed by atoms with van der Waals surface area (Å²) in [4.78, 5) is 0. The largest absolute Gasteiger partial charge is 0.432 e. The molecule has 2 aliphatic rings. The van der Waals surface area contributed by atoms with E-state index < -0.39 is 52.5 Å². The van der Waals surface area contributed by atoms with Gasteiger partial charge < -0.3 is 14.2 Å². The Labute approximate surface area is 198 Å². The molecule has 1 aliphatic heterocycles. The van der Waals surface area contributed by atoms with Crippen molar-refractivity contribution in [2.75, 3.05) is 13.2 Å². The van der Waals surface area contributed by atoms with Gasteiger partial charge >= 0.3 is 6.11 Å². The molecule has 1 heterocycles. The molecule has 4 nitrogen and oxygen atoms in total. The summed E-state index contributed by atoms with van der Waals surface area (Å²) >= 11 is 0. The summed E-state index contributed by atoms with van der Waals surface area (Å²) in [5.41, 5.74) is -2.86. The summed E-state index contributed by atoms with van der Waals surface area (Å²) in [6.07, 6.45) is -1.37. The Morgan fingerprint density at radius 2 is 1.40 bits per heavy atom. The smallest absolute Gasteiger partial charge is 0.429 e. The van der Waals surface area contributed by atoms with Crippen LogP contribution in [0.1, 0.15) is 55.6 Å². The first-order valence-corrected chi connectivity index (χ1v) is 11.3.